The number of nitrogens with one attached hydrogen (secondary N) is 2. The first-order chi connectivity index (χ1) is 10.3. The molecule has 3 N–H and O–H groups in total. The predicted molar refractivity (Wildman–Crippen MR) is 88.0 cm³/mol. The highest BCUT2D eigenvalue weighted by molar-refractivity contribution is 7.10. The van der Waals surface area contributed by atoms with Crippen LogP contribution in [0.25, 0.3) is 0 Å². The molecule has 2 rings (SSSR count). The van der Waals surface area contributed by atoms with E-state index in [2.05, 4.69) is 15.5 Å². The molecule has 0 bridgehead atoms. The van der Waals surface area contributed by atoms with Crippen molar-refractivity contribution in [2.24, 2.45) is 0 Å². The summed E-state index contributed by atoms with van der Waals surface area (Å²) in [5.41, 5.74) is 2.00. The first-order valence-electron chi connectivity index (χ1n) is 7.36. The van der Waals surface area contributed by atoms with Gasteiger partial charge < -0.3 is 10.4 Å². The maximum absolute atomic E-state index is 12.1. The van der Waals surface area contributed by atoms with Crippen molar-refractivity contribution in [2.75, 3.05) is 6.54 Å². The fourth-order valence-electron chi connectivity index (χ4n) is 2.68. The second-order valence-electron chi connectivity index (χ2n) is 5.98. The molecule has 2 atom stereocenters. The molecule has 0 spiro atoms. The fraction of sp³-hybridized carbons (Fsp3) is 0.500. The van der Waals surface area contributed by atoms with E-state index >= 15 is 0 Å². The fourth-order valence-corrected chi connectivity index (χ4v) is 3.47. The Labute approximate surface area is 134 Å². The summed E-state index contributed by atoms with van der Waals surface area (Å²) in [6.07, 6.45) is 0.377. The number of hydrogen-bond acceptors (Lipinski definition) is 4. The molecule has 1 amide bonds. The summed E-state index contributed by atoms with van der Waals surface area (Å²) < 4.78 is 0. The Hall–Kier alpha value is -1.66. The van der Waals surface area contributed by atoms with Crippen LogP contribution >= 0.6 is 11.3 Å². The molecule has 0 aliphatic heterocycles. The number of aryl methyl sites for hydroxylation is 2. The lowest BCUT2D eigenvalue weighted by Crippen LogP contribution is -2.38. The van der Waals surface area contributed by atoms with E-state index in [1.165, 1.54) is 11.3 Å². The van der Waals surface area contributed by atoms with Gasteiger partial charge in [-0.1, -0.05) is 13.0 Å². The molecule has 0 radical (unpaired) electrons. The van der Waals surface area contributed by atoms with Crippen LogP contribution in [0.1, 0.15) is 48.0 Å². The molecule has 120 valence electrons. The maximum Gasteiger partial charge on any atom is 0.220 e. The highest BCUT2D eigenvalue weighted by Crippen LogP contribution is 2.26. The first kappa shape index (κ1) is 16.7. The number of carbonyl (C=O) groups excluding carboxylic acids is 1. The van der Waals surface area contributed by atoms with Gasteiger partial charge >= 0.3 is 0 Å². The summed E-state index contributed by atoms with van der Waals surface area (Å²) in [4.78, 5) is 13.0. The molecule has 0 aliphatic rings. The number of aromatic amines is 1. The van der Waals surface area contributed by atoms with Crippen molar-refractivity contribution in [1.82, 2.24) is 15.5 Å². The van der Waals surface area contributed by atoms with Crippen molar-refractivity contribution in [2.45, 2.75) is 45.6 Å². The number of hydrogen-bond donors (Lipinski definition) is 3. The van der Waals surface area contributed by atoms with Crippen molar-refractivity contribution in [3.8, 4) is 0 Å². The Morgan fingerprint density at radius 3 is 2.82 bits per heavy atom. The lowest BCUT2D eigenvalue weighted by atomic mass is 9.95. The lowest BCUT2D eigenvalue weighted by molar-refractivity contribution is -0.122. The van der Waals surface area contributed by atoms with Gasteiger partial charge in [0.05, 0.1) is 12.2 Å². The zero-order valence-electron chi connectivity index (χ0n) is 13.4. The molecule has 5 nitrogen and oxygen atoms in total. The third-order valence-electron chi connectivity index (χ3n) is 3.85. The van der Waals surface area contributed by atoms with Gasteiger partial charge in [0.25, 0.3) is 0 Å². The molecule has 0 aromatic carbocycles. The number of thiophene rings is 1. The van der Waals surface area contributed by atoms with Crippen LogP contribution in [-0.4, -0.2) is 27.8 Å². The molecule has 22 heavy (non-hydrogen) atoms. The second kappa shape index (κ2) is 6.62. The zero-order chi connectivity index (χ0) is 16.3. The minimum Gasteiger partial charge on any atom is -0.383 e. The number of nitrogens with zero attached hydrogens (tertiary/aromatic N) is 1. The molecule has 0 saturated heterocycles. The molecule has 6 heteroatoms. The van der Waals surface area contributed by atoms with Gasteiger partial charge in [-0.25, -0.2) is 0 Å². The monoisotopic (exact) mass is 321 g/mol. The van der Waals surface area contributed by atoms with Crippen LogP contribution in [0.4, 0.5) is 0 Å². The van der Waals surface area contributed by atoms with Gasteiger partial charge in [-0.2, -0.15) is 5.10 Å². The molecular weight excluding hydrogens is 298 g/mol. The van der Waals surface area contributed by atoms with Gasteiger partial charge in [0, 0.05) is 17.0 Å². The van der Waals surface area contributed by atoms with Gasteiger partial charge in [0.2, 0.25) is 5.91 Å². The van der Waals surface area contributed by atoms with Crippen molar-refractivity contribution in [1.29, 1.82) is 0 Å². The van der Waals surface area contributed by atoms with Crippen LogP contribution in [0.3, 0.4) is 0 Å². The van der Waals surface area contributed by atoms with E-state index in [1.54, 1.807) is 6.92 Å². The summed E-state index contributed by atoms with van der Waals surface area (Å²) >= 11 is 1.48. The molecule has 0 fully saturated rings. The van der Waals surface area contributed by atoms with E-state index in [9.17, 15) is 9.90 Å². The number of carbonyl (C=O) groups is 1. The molecule has 2 unspecified atom stereocenters. The Balaban J connectivity index is 1.91. The normalized spacial score (nSPS) is 15.3. The third-order valence-corrected chi connectivity index (χ3v) is 4.97. The largest absolute Gasteiger partial charge is 0.383 e. The number of amides is 1. The number of aliphatic hydroxyl groups is 1. The van der Waals surface area contributed by atoms with Crippen molar-refractivity contribution < 1.29 is 9.90 Å². The van der Waals surface area contributed by atoms with Crippen LogP contribution in [0.5, 0.6) is 0 Å². The van der Waals surface area contributed by atoms with Crippen LogP contribution in [0, 0.1) is 13.8 Å². The molecule has 0 aliphatic carbocycles. The quantitative estimate of drug-likeness (QED) is 0.765. The topological polar surface area (TPSA) is 78.0 Å². The van der Waals surface area contributed by atoms with Gasteiger partial charge in [-0.3, -0.25) is 9.89 Å². The zero-order valence-corrected chi connectivity index (χ0v) is 14.3. The van der Waals surface area contributed by atoms with Gasteiger partial charge in [-0.15, -0.1) is 11.3 Å². The van der Waals surface area contributed by atoms with Crippen LogP contribution in [0.15, 0.2) is 17.5 Å². The van der Waals surface area contributed by atoms with E-state index in [0.717, 1.165) is 21.8 Å². The minimum atomic E-state index is -1.03. The average Bonchev–Trinajstić information content (AvgIpc) is 3.07. The van der Waals surface area contributed by atoms with Crippen LogP contribution < -0.4 is 5.32 Å². The van der Waals surface area contributed by atoms with E-state index in [0.29, 0.717) is 6.42 Å². The molecule has 2 aromatic rings. The molecule has 2 heterocycles. The van der Waals surface area contributed by atoms with Gasteiger partial charge in [-0.05, 0) is 43.7 Å². The Bertz CT molecular complexity index is 612. The van der Waals surface area contributed by atoms with Gasteiger partial charge in [0.15, 0.2) is 0 Å². The average molecular weight is 321 g/mol. The van der Waals surface area contributed by atoms with Crippen molar-refractivity contribution >= 4 is 17.2 Å². The van der Waals surface area contributed by atoms with Crippen molar-refractivity contribution in [3.63, 3.8) is 0 Å². The number of rotatable bonds is 6. The maximum atomic E-state index is 12.1. The standard InChI is InChI=1S/C16H23N3O2S/c1-10(15-11(2)18-19-12(15)3)8-14(20)17-9-16(4,21)13-6-5-7-22-13/h5-7,10,21H,8-9H2,1-4H3,(H,17,20)(H,18,19). The molecule has 2 aromatic heterocycles. The lowest BCUT2D eigenvalue weighted by Gasteiger charge is -2.23. The Morgan fingerprint density at radius 2 is 2.27 bits per heavy atom. The summed E-state index contributed by atoms with van der Waals surface area (Å²) in [6.45, 7) is 7.84. The van der Waals surface area contributed by atoms with E-state index in [-0.39, 0.29) is 18.4 Å². The Kier molecular flexibility index (Phi) is 5.03. The highest BCUT2D eigenvalue weighted by Gasteiger charge is 2.25. The second-order valence-corrected chi connectivity index (χ2v) is 6.93. The highest BCUT2D eigenvalue weighted by atomic mass is 32.1. The number of H-pyrrole nitrogens is 1. The smallest absolute Gasteiger partial charge is 0.220 e. The number of aromatic nitrogens is 2. The minimum absolute atomic E-state index is 0.0654. The van der Waals surface area contributed by atoms with Crippen LogP contribution in [0.2, 0.25) is 0 Å². The summed E-state index contributed by atoms with van der Waals surface area (Å²) in [7, 11) is 0. The third kappa shape index (κ3) is 3.75. The predicted octanol–water partition coefficient (Wildman–Crippen LogP) is 2.61. The SMILES string of the molecule is Cc1n[nH]c(C)c1C(C)CC(=O)NCC(C)(O)c1cccs1. The van der Waals surface area contributed by atoms with E-state index in [1.807, 2.05) is 38.3 Å². The van der Waals surface area contributed by atoms with Gasteiger partial charge in [0.1, 0.15) is 5.60 Å². The van der Waals surface area contributed by atoms with E-state index in [4.69, 9.17) is 0 Å². The summed E-state index contributed by atoms with van der Waals surface area (Å²) in [5, 5.41) is 22.3. The summed E-state index contributed by atoms with van der Waals surface area (Å²) in [5.74, 6) is 0.0229. The molecular formula is C16H23N3O2S. The van der Waals surface area contributed by atoms with E-state index < -0.39 is 5.60 Å². The first-order valence-corrected chi connectivity index (χ1v) is 8.23. The Morgan fingerprint density at radius 1 is 1.55 bits per heavy atom. The molecule has 0 saturated carbocycles. The van der Waals surface area contributed by atoms with Crippen molar-refractivity contribution in [3.05, 3.63) is 39.3 Å². The van der Waals surface area contributed by atoms with Crippen LogP contribution in [-0.2, 0) is 10.4 Å². The summed E-state index contributed by atoms with van der Waals surface area (Å²) in [6, 6.07) is 3.76.